The van der Waals surface area contributed by atoms with Crippen LogP contribution in [0, 0.1) is 11.8 Å². The Kier molecular flexibility index (Phi) is 2.79. The molecule has 0 spiro atoms. The summed E-state index contributed by atoms with van der Waals surface area (Å²) in [5.74, 6) is 1.70. The third kappa shape index (κ3) is 2.33. The van der Waals surface area contributed by atoms with Crippen molar-refractivity contribution < 1.29 is 4.79 Å². The molecule has 0 unspecified atom stereocenters. The number of carbonyl (C=O) groups is 1. The average Bonchev–Trinajstić information content (AvgIpc) is 3.35. The largest absolute Gasteiger partial charge is 0.361 e. The van der Waals surface area contributed by atoms with Crippen LogP contribution >= 0.6 is 0 Å². The number of carbonyl (C=O) groups excluding carboxylic acids is 1. The maximum absolute atomic E-state index is 12.3. The fourth-order valence-corrected chi connectivity index (χ4v) is 3.22. The van der Waals surface area contributed by atoms with E-state index in [0.29, 0.717) is 12.5 Å². The van der Waals surface area contributed by atoms with Gasteiger partial charge in [-0.15, -0.1) is 0 Å². The summed E-state index contributed by atoms with van der Waals surface area (Å²) in [6.07, 6.45) is 7.65. The lowest BCUT2D eigenvalue weighted by molar-refractivity contribution is -0.121. The molecule has 1 heterocycles. The number of fused-ring (bicyclic) bond motifs is 1. The zero-order valence-electron chi connectivity index (χ0n) is 11.6. The molecule has 2 aromatic rings. The molecule has 104 valence electrons. The van der Waals surface area contributed by atoms with Crippen molar-refractivity contribution in [3.8, 4) is 0 Å². The van der Waals surface area contributed by atoms with Crippen molar-refractivity contribution >= 4 is 16.8 Å². The maximum Gasteiger partial charge on any atom is 0.224 e. The molecule has 4 rings (SSSR count). The highest BCUT2D eigenvalue weighted by atomic mass is 16.1. The molecule has 2 saturated carbocycles. The van der Waals surface area contributed by atoms with Crippen LogP contribution in [0.1, 0.15) is 31.2 Å². The van der Waals surface area contributed by atoms with Crippen LogP contribution in [-0.2, 0) is 11.2 Å². The van der Waals surface area contributed by atoms with Crippen LogP contribution in [0.2, 0.25) is 0 Å². The molecular weight excluding hydrogens is 248 g/mol. The SMILES string of the molecule is O=C(Cc1c[nH]c2ccccc12)NC(C1CC1)C1CC1. The maximum atomic E-state index is 12.3. The first kappa shape index (κ1) is 12.0. The van der Waals surface area contributed by atoms with Crippen molar-refractivity contribution in [3.05, 3.63) is 36.0 Å². The number of amides is 1. The number of benzene rings is 1. The summed E-state index contributed by atoms with van der Waals surface area (Å²) in [5.41, 5.74) is 2.21. The van der Waals surface area contributed by atoms with Gasteiger partial charge in [0.1, 0.15) is 0 Å². The topological polar surface area (TPSA) is 44.9 Å². The van der Waals surface area contributed by atoms with E-state index in [0.717, 1.165) is 28.3 Å². The van der Waals surface area contributed by atoms with Crippen LogP contribution < -0.4 is 5.32 Å². The molecule has 0 saturated heterocycles. The molecule has 1 aromatic heterocycles. The third-order valence-corrected chi connectivity index (χ3v) is 4.61. The van der Waals surface area contributed by atoms with E-state index in [-0.39, 0.29) is 5.91 Å². The van der Waals surface area contributed by atoms with Gasteiger partial charge in [-0.1, -0.05) is 18.2 Å². The lowest BCUT2D eigenvalue weighted by Crippen LogP contribution is -2.38. The van der Waals surface area contributed by atoms with Crippen LogP contribution in [-0.4, -0.2) is 16.9 Å². The lowest BCUT2D eigenvalue weighted by atomic mass is 10.1. The Labute approximate surface area is 118 Å². The van der Waals surface area contributed by atoms with E-state index in [1.807, 2.05) is 24.4 Å². The summed E-state index contributed by atoms with van der Waals surface area (Å²) in [6.45, 7) is 0. The van der Waals surface area contributed by atoms with Crippen molar-refractivity contribution in [2.24, 2.45) is 11.8 Å². The van der Waals surface area contributed by atoms with E-state index >= 15 is 0 Å². The monoisotopic (exact) mass is 268 g/mol. The Hall–Kier alpha value is -1.77. The number of hydrogen-bond acceptors (Lipinski definition) is 1. The summed E-state index contributed by atoms with van der Waals surface area (Å²) >= 11 is 0. The number of aromatic amines is 1. The fraction of sp³-hybridized carbons (Fsp3) is 0.471. The van der Waals surface area contributed by atoms with Crippen LogP contribution in [0.4, 0.5) is 0 Å². The predicted molar refractivity (Wildman–Crippen MR) is 79.4 cm³/mol. The molecule has 0 atom stereocenters. The van der Waals surface area contributed by atoms with E-state index in [4.69, 9.17) is 0 Å². The standard InChI is InChI=1S/C17H20N2O/c20-16(19-17(11-5-6-11)12-7-8-12)9-13-10-18-15-4-2-1-3-14(13)15/h1-4,10-12,17-18H,5-9H2,(H,19,20). The van der Waals surface area contributed by atoms with Gasteiger partial charge in [0.2, 0.25) is 5.91 Å². The Balaban J connectivity index is 1.46. The van der Waals surface area contributed by atoms with E-state index in [9.17, 15) is 4.79 Å². The molecule has 1 aromatic carbocycles. The van der Waals surface area contributed by atoms with Crippen molar-refractivity contribution in [2.45, 2.75) is 38.1 Å². The van der Waals surface area contributed by atoms with Gasteiger partial charge in [-0.2, -0.15) is 0 Å². The van der Waals surface area contributed by atoms with Crippen molar-refractivity contribution in [1.82, 2.24) is 10.3 Å². The van der Waals surface area contributed by atoms with Crippen molar-refractivity contribution in [3.63, 3.8) is 0 Å². The molecular formula is C17H20N2O. The number of H-pyrrole nitrogens is 1. The van der Waals surface area contributed by atoms with Crippen molar-refractivity contribution in [1.29, 1.82) is 0 Å². The first-order valence-electron chi connectivity index (χ1n) is 7.65. The van der Waals surface area contributed by atoms with Gasteiger partial charge in [-0.3, -0.25) is 4.79 Å². The highest BCUT2D eigenvalue weighted by Crippen LogP contribution is 2.44. The summed E-state index contributed by atoms with van der Waals surface area (Å²) in [5, 5.41) is 4.45. The minimum Gasteiger partial charge on any atom is -0.361 e. The smallest absolute Gasteiger partial charge is 0.224 e. The second-order valence-electron chi connectivity index (χ2n) is 6.30. The van der Waals surface area contributed by atoms with Crippen LogP contribution in [0.15, 0.2) is 30.5 Å². The van der Waals surface area contributed by atoms with Gasteiger partial charge < -0.3 is 10.3 Å². The van der Waals surface area contributed by atoms with Crippen LogP contribution in [0.5, 0.6) is 0 Å². The van der Waals surface area contributed by atoms with Crippen LogP contribution in [0.3, 0.4) is 0 Å². The summed E-state index contributed by atoms with van der Waals surface area (Å²) in [6, 6.07) is 8.61. The molecule has 20 heavy (non-hydrogen) atoms. The Morgan fingerprint density at radius 1 is 1.20 bits per heavy atom. The lowest BCUT2D eigenvalue weighted by Gasteiger charge is -2.17. The number of hydrogen-bond donors (Lipinski definition) is 2. The Morgan fingerprint density at radius 3 is 2.60 bits per heavy atom. The second kappa shape index (κ2) is 4.65. The molecule has 2 aliphatic rings. The van der Waals surface area contributed by atoms with Gasteiger partial charge in [-0.25, -0.2) is 0 Å². The quantitative estimate of drug-likeness (QED) is 0.860. The molecule has 2 fully saturated rings. The van der Waals surface area contributed by atoms with E-state index in [1.54, 1.807) is 0 Å². The first-order chi connectivity index (χ1) is 9.81. The number of rotatable bonds is 5. The molecule has 3 heteroatoms. The fourth-order valence-electron chi connectivity index (χ4n) is 3.22. The van der Waals surface area contributed by atoms with Gasteiger partial charge in [0, 0.05) is 23.1 Å². The van der Waals surface area contributed by atoms with E-state index in [2.05, 4.69) is 16.4 Å². The van der Waals surface area contributed by atoms with Gasteiger partial charge in [-0.05, 0) is 49.1 Å². The molecule has 0 aliphatic heterocycles. The highest BCUT2D eigenvalue weighted by Gasteiger charge is 2.42. The zero-order valence-corrected chi connectivity index (χ0v) is 11.6. The minimum absolute atomic E-state index is 0.179. The number of para-hydroxylation sites is 1. The third-order valence-electron chi connectivity index (χ3n) is 4.61. The normalized spacial score (nSPS) is 18.6. The van der Waals surface area contributed by atoms with Crippen molar-refractivity contribution in [2.75, 3.05) is 0 Å². The van der Waals surface area contributed by atoms with Crippen LogP contribution in [0.25, 0.3) is 10.9 Å². The number of aromatic nitrogens is 1. The Bertz CT molecular complexity index is 625. The number of nitrogens with one attached hydrogen (secondary N) is 2. The summed E-state index contributed by atoms with van der Waals surface area (Å²) in [4.78, 5) is 15.5. The zero-order chi connectivity index (χ0) is 13.5. The van der Waals surface area contributed by atoms with Gasteiger partial charge in [0.05, 0.1) is 6.42 Å². The first-order valence-corrected chi connectivity index (χ1v) is 7.65. The van der Waals surface area contributed by atoms with E-state index < -0.39 is 0 Å². The highest BCUT2D eigenvalue weighted by molar-refractivity contribution is 5.88. The predicted octanol–water partition coefficient (Wildman–Crippen LogP) is 3.02. The van der Waals surface area contributed by atoms with Gasteiger partial charge in [0.25, 0.3) is 0 Å². The van der Waals surface area contributed by atoms with E-state index in [1.165, 1.54) is 25.7 Å². The second-order valence-corrected chi connectivity index (χ2v) is 6.30. The molecule has 3 nitrogen and oxygen atoms in total. The average molecular weight is 268 g/mol. The van der Waals surface area contributed by atoms with Gasteiger partial charge >= 0.3 is 0 Å². The van der Waals surface area contributed by atoms with Gasteiger partial charge in [0.15, 0.2) is 0 Å². The molecule has 2 aliphatic carbocycles. The Morgan fingerprint density at radius 2 is 1.90 bits per heavy atom. The molecule has 0 radical (unpaired) electrons. The molecule has 0 bridgehead atoms. The summed E-state index contributed by atoms with van der Waals surface area (Å²) in [7, 11) is 0. The molecule has 1 amide bonds. The minimum atomic E-state index is 0.179. The molecule has 2 N–H and O–H groups in total. The summed E-state index contributed by atoms with van der Waals surface area (Å²) < 4.78 is 0.